The fourth-order valence-electron chi connectivity index (χ4n) is 3.03. The topological polar surface area (TPSA) is 32.8 Å². The van der Waals surface area contributed by atoms with Gasteiger partial charge in [-0.1, -0.05) is 12.1 Å². The first-order chi connectivity index (χ1) is 10.8. The van der Waals surface area contributed by atoms with Crippen LogP contribution in [0.4, 0.5) is 11.4 Å². The van der Waals surface area contributed by atoms with Crippen molar-refractivity contribution in [1.82, 2.24) is 0 Å². The van der Waals surface area contributed by atoms with Gasteiger partial charge in [0.25, 0.3) is 5.91 Å². The molecule has 0 spiro atoms. The molecule has 0 saturated heterocycles. The molecule has 1 aromatic carbocycles. The van der Waals surface area contributed by atoms with Crippen molar-refractivity contribution >= 4 is 28.6 Å². The second-order valence-corrected chi connectivity index (χ2v) is 6.63. The predicted octanol–water partition coefficient (Wildman–Crippen LogP) is 3.39. The average Bonchev–Trinajstić information content (AvgIpc) is 3.29. The number of benzene rings is 1. The first-order valence-electron chi connectivity index (χ1n) is 7.58. The van der Waals surface area contributed by atoms with Crippen molar-refractivity contribution in [3.8, 4) is 5.75 Å². The summed E-state index contributed by atoms with van der Waals surface area (Å²) < 4.78 is 5.19. The summed E-state index contributed by atoms with van der Waals surface area (Å²) in [5.41, 5.74) is 2.21. The lowest BCUT2D eigenvalue weighted by molar-refractivity contribution is 0.0990. The molecule has 1 aliphatic carbocycles. The molecule has 1 amide bonds. The van der Waals surface area contributed by atoms with Crippen molar-refractivity contribution in [3.63, 3.8) is 0 Å². The van der Waals surface area contributed by atoms with E-state index in [0.717, 1.165) is 29.4 Å². The van der Waals surface area contributed by atoms with E-state index >= 15 is 0 Å². The lowest BCUT2D eigenvalue weighted by Gasteiger charge is -2.37. The fraction of sp³-hybridized carbons (Fsp3) is 0.353. The van der Waals surface area contributed by atoms with E-state index in [4.69, 9.17) is 4.74 Å². The van der Waals surface area contributed by atoms with Crippen LogP contribution < -0.4 is 14.5 Å². The lowest BCUT2D eigenvalue weighted by atomic mass is 10.1. The number of methoxy groups -OCH3 is 1. The van der Waals surface area contributed by atoms with Gasteiger partial charge in [0.15, 0.2) is 0 Å². The maximum Gasteiger partial charge on any atom is 0.268 e. The van der Waals surface area contributed by atoms with E-state index in [2.05, 4.69) is 17.0 Å². The van der Waals surface area contributed by atoms with Gasteiger partial charge in [0.1, 0.15) is 5.75 Å². The Balaban J connectivity index is 1.67. The number of carbonyl (C=O) groups is 1. The minimum atomic E-state index is 0.0659. The number of amides is 1. The van der Waals surface area contributed by atoms with E-state index in [1.807, 2.05) is 28.5 Å². The van der Waals surface area contributed by atoms with Crippen LogP contribution in [-0.2, 0) is 0 Å². The van der Waals surface area contributed by atoms with Gasteiger partial charge in [-0.2, -0.15) is 0 Å². The molecule has 1 aromatic heterocycles. The Bertz CT molecular complexity index is 708. The molecular weight excluding hydrogens is 296 g/mol. The lowest BCUT2D eigenvalue weighted by Crippen LogP contribution is -2.44. The monoisotopic (exact) mass is 314 g/mol. The van der Waals surface area contributed by atoms with Gasteiger partial charge in [0.2, 0.25) is 0 Å². The molecule has 0 unspecified atom stereocenters. The number of para-hydroxylation sites is 2. The SMILES string of the molecule is COc1csc(C(=O)N2CCN(C3CC3)c3ccccc32)c1. The molecule has 1 saturated carbocycles. The van der Waals surface area contributed by atoms with Crippen molar-refractivity contribution in [2.45, 2.75) is 18.9 Å². The van der Waals surface area contributed by atoms with Gasteiger partial charge < -0.3 is 14.5 Å². The van der Waals surface area contributed by atoms with Crippen molar-refractivity contribution in [3.05, 3.63) is 40.6 Å². The summed E-state index contributed by atoms with van der Waals surface area (Å²) in [5, 5.41) is 1.87. The van der Waals surface area contributed by atoms with Crippen LogP contribution in [0.25, 0.3) is 0 Å². The Morgan fingerprint density at radius 3 is 2.68 bits per heavy atom. The molecule has 0 N–H and O–H groups in total. The summed E-state index contributed by atoms with van der Waals surface area (Å²) in [4.78, 5) is 17.9. The molecule has 0 atom stereocenters. The first kappa shape index (κ1) is 13.6. The molecule has 5 heteroatoms. The minimum Gasteiger partial charge on any atom is -0.496 e. The molecule has 0 bridgehead atoms. The summed E-state index contributed by atoms with van der Waals surface area (Å²) in [6.07, 6.45) is 2.54. The molecule has 22 heavy (non-hydrogen) atoms. The third-order valence-electron chi connectivity index (χ3n) is 4.30. The summed E-state index contributed by atoms with van der Waals surface area (Å²) in [5.74, 6) is 0.814. The summed E-state index contributed by atoms with van der Waals surface area (Å²) >= 11 is 1.44. The van der Waals surface area contributed by atoms with Gasteiger partial charge in [0, 0.05) is 30.6 Å². The highest BCUT2D eigenvalue weighted by Crippen LogP contribution is 2.40. The quantitative estimate of drug-likeness (QED) is 0.870. The molecule has 2 aromatic rings. The van der Waals surface area contributed by atoms with Gasteiger partial charge in [-0.15, -0.1) is 11.3 Å². The number of hydrogen-bond acceptors (Lipinski definition) is 4. The maximum absolute atomic E-state index is 12.8. The third kappa shape index (κ3) is 2.25. The highest BCUT2D eigenvalue weighted by Gasteiger charge is 2.35. The van der Waals surface area contributed by atoms with Crippen molar-refractivity contribution < 1.29 is 9.53 Å². The van der Waals surface area contributed by atoms with Crippen molar-refractivity contribution in [1.29, 1.82) is 0 Å². The summed E-state index contributed by atoms with van der Waals surface area (Å²) in [7, 11) is 1.63. The molecule has 1 aliphatic heterocycles. The molecule has 0 radical (unpaired) electrons. The molecule has 1 fully saturated rings. The molecule has 2 aliphatic rings. The van der Waals surface area contributed by atoms with E-state index < -0.39 is 0 Å². The van der Waals surface area contributed by atoms with E-state index in [9.17, 15) is 4.79 Å². The second-order valence-electron chi connectivity index (χ2n) is 5.72. The van der Waals surface area contributed by atoms with Crippen LogP contribution >= 0.6 is 11.3 Å². The number of thiophene rings is 1. The van der Waals surface area contributed by atoms with Crippen molar-refractivity contribution in [2.75, 3.05) is 30.0 Å². The number of nitrogens with zero attached hydrogens (tertiary/aromatic N) is 2. The normalized spacial score (nSPS) is 17.3. The van der Waals surface area contributed by atoms with Gasteiger partial charge in [-0.3, -0.25) is 4.79 Å². The van der Waals surface area contributed by atoms with Crippen molar-refractivity contribution in [2.24, 2.45) is 0 Å². The zero-order chi connectivity index (χ0) is 15.1. The molecule has 114 valence electrons. The third-order valence-corrected chi connectivity index (χ3v) is 5.20. The van der Waals surface area contributed by atoms with Gasteiger partial charge in [-0.05, 0) is 25.0 Å². The zero-order valence-electron chi connectivity index (χ0n) is 12.5. The summed E-state index contributed by atoms with van der Waals surface area (Å²) in [6, 6.07) is 10.7. The number of rotatable bonds is 3. The number of carbonyl (C=O) groups excluding carboxylic acids is 1. The first-order valence-corrected chi connectivity index (χ1v) is 8.46. The van der Waals surface area contributed by atoms with E-state index in [-0.39, 0.29) is 5.91 Å². The number of hydrogen-bond donors (Lipinski definition) is 0. The van der Waals surface area contributed by atoms with Crippen LogP contribution in [0, 0.1) is 0 Å². The highest BCUT2D eigenvalue weighted by molar-refractivity contribution is 7.12. The number of ether oxygens (including phenoxy) is 1. The Labute approximate surface area is 133 Å². The van der Waals surface area contributed by atoms with E-state index in [1.54, 1.807) is 7.11 Å². The standard InChI is InChI=1S/C17H18N2O2S/c1-21-13-10-16(22-11-13)17(20)19-9-8-18(12-6-7-12)14-4-2-3-5-15(14)19/h2-5,10-12H,6-9H2,1H3. The van der Waals surface area contributed by atoms with Crippen LogP contribution in [0.5, 0.6) is 5.75 Å². The number of anilines is 2. The smallest absolute Gasteiger partial charge is 0.268 e. The van der Waals surface area contributed by atoms with Crippen LogP contribution in [0.1, 0.15) is 22.5 Å². The minimum absolute atomic E-state index is 0.0659. The maximum atomic E-state index is 12.8. The second kappa shape index (κ2) is 5.32. The van der Waals surface area contributed by atoms with Gasteiger partial charge in [0.05, 0.1) is 23.4 Å². The van der Waals surface area contributed by atoms with Crippen LogP contribution in [0.2, 0.25) is 0 Å². The summed E-state index contributed by atoms with van der Waals surface area (Å²) in [6.45, 7) is 1.66. The van der Waals surface area contributed by atoms with E-state index in [1.165, 1.54) is 29.9 Å². The molecular formula is C17H18N2O2S. The largest absolute Gasteiger partial charge is 0.496 e. The zero-order valence-corrected chi connectivity index (χ0v) is 13.3. The molecule has 4 nitrogen and oxygen atoms in total. The highest BCUT2D eigenvalue weighted by atomic mass is 32.1. The van der Waals surface area contributed by atoms with Crippen LogP contribution in [0.15, 0.2) is 35.7 Å². The average molecular weight is 314 g/mol. The predicted molar refractivity (Wildman–Crippen MR) is 89.4 cm³/mol. The van der Waals surface area contributed by atoms with Crippen LogP contribution in [0.3, 0.4) is 0 Å². The fourth-order valence-corrected chi connectivity index (χ4v) is 3.83. The van der Waals surface area contributed by atoms with Gasteiger partial charge in [-0.25, -0.2) is 0 Å². The Morgan fingerprint density at radius 2 is 2.00 bits per heavy atom. The Morgan fingerprint density at radius 1 is 1.23 bits per heavy atom. The molecule has 4 rings (SSSR count). The van der Waals surface area contributed by atoms with Gasteiger partial charge >= 0.3 is 0 Å². The van der Waals surface area contributed by atoms with Crippen LogP contribution in [-0.4, -0.2) is 32.1 Å². The van der Waals surface area contributed by atoms with E-state index in [0.29, 0.717) is 6.04 Å². The number of fused-ring (bicyclic) bond motifs is 1. The molecule has 2 heterocycles. The Kier molecular flexibility index (Phi) is 3.30. The Hall–Kier alpha value is -2.01.